The molecule has 10 nitrogen and oxygen atoms in total. The predicted octanol–water partition coefficient (Wildman–Crippen LogP) is 11.8. The highest BCUT2D eigenvalue weighted by molar-refractivity contribution is 7.47. The highest BCUT2D eigenvalue weighted by Gasteiger charge is 2.27. The van der Waals surface area contributed by atoms with Crippen LogP contribution in [-0.2, 0) is 32.7 Å². The summed E-state index contributed by atoms with van der Waals surface area (Å²) in [5.41, 5.74) is 0. The van der Waals surface area contributed by atoms with Crippen molar-refractivity contribution in [3.05, 3.63) is 85.1 Å². The van der Waals surface area contributed by atoms with Gasteiger partial charge in [-0.1, -0.05) is 131 Å². The Morgan fingerprint density at radius 3 is 1.63 bits per heavy atom. The Hall–Kier alpha value is -2.85. The highest BCUT2D eigenvalue weighted by Crippen LogP contribution is 2.43. The van der Waals surface area contributed by atoms with Crippen molar-refractivity contribution in [2.24, 2.45) is 0 Å². The van der Waals surface area contributed by atoms with Crippen molar-refractivity contribution in [1.29, 1.82) is 0 Å². The van der Waals surface area contributed by atoms with Crippen molar-refractivity contribution < 1.29 is 47.2 Å². The summed E-state index contributed by atoms with van der Waals surface area (Å²) in [6.07, 6.45) is 47.0. The monoisotopic (exact) mass is 849 g/mol. The Morgan fingerprint density at radius 1 is 0.593 bits per heavy atom. The first-order valence-electron chi connectivity index (χ1n) is 22.4. The van der Waals surface area contributed by atoms with E-state index in [4.69, 9.17) is 18.5 Å². The number of ether oxygens (including phenoxy) is 2. The van der Waals surface area contributed by atoms with Gasteiger partial charge in [0.25, 0.3) is 0 Å². The van der Waals surface area contributed by atoms with E-state index in [2.05, 4.69) is 86.8 Å². The number of phosphoric ester groups is 1. The molecule has 0 radical (unpaired) electrons. The van der Waals surface area contributed by atoms with Crippen LogP contribution in [0.25, 0.3) is 0 Å². The second-order valence-electron chi connectivity index (χ2n) is 15.9. The summed E-state index contributed by atoms with van der Waals surface area (Å²) in [6.45, 7) is 4.07. The van der Waals surface area contributed by atoms with Crippen molar-refractivity contribution in [1.82, 2.24) is 0 Å². The Kier molecular flexibility index (Phi) is 37.4. The van der Waals surface area contributed by atoms with Crippen LogP contribution in [0.3, 0.4) is 0 Å². The van der Waals surface area contributed by atoms with Gasteiger partial charge in [0.15, 0.2) is 6.10 Å². The molecule has 0 rings (SSSR count). The van der Waals surface area contributed by atoms with Gasteiger partial charge in [0.1, 0.15) is 19.8 Å². The fourth-order valence-corrected chi connectivity index (χ4v) is 6.18. The SMILES string of the molecule is CCCCC/C=C\C/C=C\C/C=C\CCCCCCC(=O)OC[C@H](COP(=O)(O)OCC[N+](C)(C)C)OC(=O)CCC/C=C\C/C=C\C/C=C\C/C=C\CC(O)CCC. The molecule has 0 aliphatic carbocycles. The number of allylic oxidation sites excluding steroid dienone is 13. The lowest BCUT2D eigenvalue weighted by atomic mass is 10.1. The van der Waals surface area contributed by atoms with Crippen LogP contribution < -0.4 is 0 Å². The van der Waals surface area contributed by atoms with Crippen LogP contribution >= 0.6 is 7.82 Å². The number of likely N-dealkylation sites (N-methyl/N-ethyl adjacent to an activating group) is 1. The van der Waals surface area contributed by atoms with Crippen LogP contribution in [0.1, 0.15) is 149 Å². The van der Waals surface area contributed by atoms with E-state index in [0.29, 0.717) is 36.7 Å². The van der Waals surface area contributed by atoms with E-state index in [1.165, 1.54) is 25.7 Å². The van der Waals surface area contributed by atoms with Gasteiger partial charge in [-0.05, 0) is 89.9 Å². The number of rotatable bonds is 39. The average molecular weight is 849 g/mol. The Morgan fingerprint density at radius 2 is 1.08 bits per heavy atom. The lowest BCUT2D eigenvalue weighted by Crippen LogP contribution is -2.37. The third-order valence-electron chi connectivity index (χ3n) is 8.95. The van der Waals surface area contributed by atoms with Crippen molar-refractivity contribution in [2.45, 2.75) is 161 Å². The molecule has 338 valence electrons. The van der Waals surface area contributed by atoms with E-state index in [1.807, 2.05) is 33.3 Å². The van der Waals surface area contributed by atoms with Gasteiger partial charge in [0.2, 0.25) is 0 Å². The number of hydrogen-bond acceptors (Lipinski definition) is 8. The number of aliphatic hydroxyl groups excluding tert-OH is 1. The zero-order valence-corrected chi connectivity index (χ0v) is 38.5. The Bertz CT molecular complexity index is 1300. The summed E-state index contributed by atoms with van der Waals surface area (Å²) in [7, 11) is 1.39. The number of carbonyl (C=O) groups is 2. The van der Waals surface area contributed by atoms with Gasteiger partial charge in [-0.15, -0.1) is 0 Å². The van der Waals surface area contributed by atoms with E-state index < -0.39 is 32.5 Å². The number of hydrogen-bond donors (Lipinski definition) is 2. The van der Waals surface area contributed by atoms with Gasteiger partial charge in [-0.3, -0.25) is 18.6 Å². The van der Waals surface area contributed by atoms with E-state index in [1.54, 1.807) is 0 Å². The molecule has 0 aromatic heterocycles. The minimum Gasteiger partial charge on any atom is -0.462 e. The zero-order valence-electron chi connectivity index (χ0n) is 37.6. The van der Waals surface area contributed by atoms with Crippen molar-refractivity contribution in [3.63, 3.8) is 0 Å². The maximum absolute atomic E-state index is 12.7. The third-order valence-corrected chi connectivity index (χ3v) is 9.94. The average Bonchev–Trinajstić information content (AvgIpc) is 3.18. The molecule has 2 N–H and O–H groups in total. The smallest absolute Gasteiger partial charge is 0.462 e. The molecule has 0 fully saturated rings. The summed E-state index contributed by atoms with van der Waals surface area (Å²) in [4.78, 5) is 35.4. The largest absolute Gasteiger partial charge is 0.472 e. The first-order chi connectivity index (χ1) is 28.4. The Balaban J connectivity index is 4.53. The minimum atomic E-state index is -4.41. The summed E-state index contributed by atoms with van der Waals surface area (Å²) in [6, 6.07) is 0. The molecule has 0 aromatic rings. The first kappa shape index (κ1) is 56.1. The molecule has 2 unspecified atom stereocenters. The van der Waals surface area contributed by atoms with Gasteiger partial charge in [0, 0.05) is 12.8 Å². The number of carbonyl (C=O) groups excluding carboxylic acids is 2. The van der Waals surface area contributed by atoms with Crippen molar-refractivity contribution in [3.8, 4) is 0 Å². The standard InChI is InChI=1S/C48H82NO9P/c1-6-8-9-10-11-12-13-14-15-16-17-20-23-26-29-32-35-39-47(51)55-43-46(44-57-59(53,54)56-42-41-49(3,4)5)58-48(52)40-36-33-30-27-24-21-18-19-22-25-28-31-34-38-45(50)37-7-2/h11-12,14-15,17-18,20-22,25,27,30-31,34,45-46,50H,6-10,13,16,19,23-24,26,28-29,32-33,35-44H2,1-5H3/p+1/b12-11-,15-14-,20-17-,21-18-,25-22-,30-27-,34-31-/t45?,46-/m1/s1. The van der Waals surface area contributed by atoms with Crippen LogP contribution in [-0.4, -0.2) is 86.1 Å². The summed E-state index contributed by atoms with van der Waals surface area (Å²) < 4.78 is 34.2. The first-order valence-corrected chi connectivity index (χ1v) is 23.9. The van der Waals surface area contributed by atoms with Crippen LogP contribution in [0.15, 0.2) is 85.1 Å². The molecule has 0 aliphatic rings. The fourth-order valence-electron chi connectivity index (χ4n) is 5.44. The normalized spacial score (nSPS) is 14.9. The van der Waals surface area contributed by atoms with Crippen LogP contribution in [0.2, 0.25) is 0 Å². The van der Waals surface area contributed by atoms with Crippen LogP contribution in [0, 0.1) is 0 Å². The molecule has 0 bridgehead atoms. The van der Waals surface area contributed by atoms with E-state index >= 15 is 0 Å². The molecule has 0 aromatic carbocycles. The molecular weight excluding hydrogens is 765 g/mol. The molecule has 0 aliphatic heterocycles. The number of nitrogens with zero attached hydrogens (tertiary/aromatic N) is 1. The topological polar surface area (TPSA) is 129 Å². The van der Waals surface area contributed by atoms with Gasteiger partial charge in [0.05, 0.1) is 33.9 Å². The van der Waals surface area contributed by atoms with Crippen molar-refractivity contribution in [2.75, 3.05) is 47.5 Å². The molecule has 0 spiro atoms. The fraction of sp³-hybridized carbons (Fsp3) is 0.667. The molecule has 3 atom stereocenters. The second kappa shape index (κ2) is 39.3. The number of phosphoric acid groups is 1. The van der Waals surface area contributed by atoms with Gasteiger partial charge < -0.3 is 24.0 Å². The quantitative estimate of drug-likeness (QED) is 0.0204. The van der Waals surface area contributed by atoms with E-state index in [9.17, 15) is 24.2 Å². The van der Waals surface area contributed by atoms with E-state index in [0.717, 1.165) is 70.6 Å². The molecule has 0 saturated heterocycles. The highest BCUT2D eigenvalue weighted by atomic mass is 31.2. The molecule has 0 saturated carbocycles. The molecule has 59 heavy (non-hydrogen) atoms. The van der Waals surface area contributed by atoms with E-state index in [-0.39, 0.29) is 32.2 Å². The van der Waals surface area contributed by atoms with Gasteiger partial charge >= 0.3 is 19.8 Å². The number of aliphatic hydroxyl groups is 1. The number of esters is 2. The van der Waals surface area contributed by atoms with Crippen LogP contribution in [0.4, 0.5) is 0 Å². The third kappa shape index (κ3) is 43.1. The zero-order chi connectivity index (χ0) is 43.7. The minimum absolute atomic E-state index is 0.00618. The maximum atomic E-state index is 12.7. The van der Waals surface area contributed by atoms with Gasteiger partial charge in [-0.25, -0.2) is 4.57 Å². The van der Waals surface area contributed by atoms with Gasteiger partial charge in [-0.2, -0.15) is 0 Å². The Labute approximate surface area is 359 Å². The van der Waals surface area contributed by atoms with Crippen LogP contribution in [0.5, 0.6) is 0 Å². The number of unbranched alkanes of at least 4 members (excludes halogenated alkanes) is 8. The lowest BCUT2D eigenvalue weighted by molar-refractivity contribution is -0.870. The molecule has 0 amide bonds. The molecule has 0 heterocycles. The number of quaternary nitrogens is 1. The summed E-state index contributed by atoms with van der Waals surface area (Å²) in [5.74, 6) is -0.919. The summed E-state index contributed by atoms with van der Waals surface area (Å²) >= 11 is 0. The molecule has 11 heteroatoms. The maximum Gasteiger partial charge on any atom is 0.472 e. The lowest BCUT2D eigenvalue weighted by Gasteiger charge is -2.24. The molecular formula is C48H83NO9P+. The summed E-state index contributed by atoms with van der Waals surface area (Å²) in [5, 5.41) is 9.74. The predicted molar refractivity (Wildman–Crippen MR) is 244 cm³/mol. The van der Waals surface area contributed by atoms with Crippen molar-refractivity contribution >= 4 is 19.8 Å². The second-order valence-corrected chi connectivity index (χ2v) is 17.4.